The summed E-state index contributed by atoms with van der Waals surface area (Å²) in [7, 11) is 1.60. The molecule has 4 heteroatoms. The molecule has 0 bridgehead atoms. The smallest absolute Gasteiger partial charge is 0.318 e. The molecule has 0 aliphatic rings. The van der Waals surface area contributed by atoms with Crippen molar-refractivity contribution >= 4 is 17.4 Å². The van der Waals surface area contributed by atoms with Gasteiger partial charge in [-0.1, -0.05) is 0 Å². The Labute approximate surface area is 96.6 Å². The standard InChI is InChI=1S/C12H19N3O/c1-4-15(5-2)11-8-6-10(7-9-11)14-12(16)13-3/h6-9H,4-5H2,1-3H3,(H2,13,14,16). The molecule has 0 unspecified atom stereocenters. The molecule has 0 saturated heterocycles. The first-order chi connectivity index (χ1) is 7.71. The van der Waals surface area contributed by atoms with E-state index in [0.29, 0.717) is 0 Å². The molecule has 0 aromatic heterocycles. The van der Waals surface area contributed by atoms with Crippen molar-refractivity contribution in [3.8, 4) is 0 Å². The van der Waals surface area contributed by atoms with Crippen LogP contribution in [0.15, 0.2) is 24.3 Å². The summed E-state index contributed by atoms with van der Waals surface area (Å²) in [5.41, 5.74) is 1.97. The van der Waals surface area contributed by atoms with Crippen molar-refractivity contribution in [3.05, 3.63) is 24.3 Å². The normalized spacial score (nSPS) is 9.69. The van der Waals surface area contributed by atoms with Gasteiger partial charge in [0.15, 0.2) is 0 Å². The number of nitrogens with one attached hydrogen (secondary N) is 2. The van der Waals surface area contributed by atoms with E-state index in [9.17, 15) is 4.79 Å². The fourth-order valence-electron chi connectivity index (χ4n) is 1.54. The largest absolute Gasteiger partial charge is 0.372 e. The number of carbonyl (C=O) groups excluding carboxylic acids is 1. The summed E-state index contributed by atoms with van der Waals surface area (Å²) in [6.45, 7) is 6.22. The summed E-state index contributed by atoms with van der Waals surface area (Å²) in [4.78, 5) is 13.3. The van der Waals surface area contributed by atoms with E-state index < -0.39 is 0 Å². The summed E-state index contributed by atoms with van der Waals surface area (Å²) in [6.07, 6.45) is 0. The van der Waals surface area contributed by atoms with Crippen LogP contribution in [0.3, 0.4) is 0 Å². The van der Waals surface area contributed by atoms with Crippen LogP contribution in [0.4, 0.5) is 16.2 Å². The van der Waals surface area contributed by atoms with E-state index in [-0.39, 0.29) is 6.03 Å². The minimum Gasteiger partial charge on any atom is -0.372 e. The average molecular weight is 221 g/mol. The lowest BCUT2D eigenvalue weighted by Gasteiger charge is -2.21. The number of hydrogen-bond donors (Lipinski definition) is 2. The van der Waals surface area contributed by atoms with Gasteiger partial charge < -0.3 is 15.5 Å². The number of benzene rings is 1. The molecule has 1 rings (SSSR count). The van der Waals surface area contributed by atoms with Crippen LogP contribution in [0.25, 0.3) is 0 Å². The second kappa shape index (κ2) is 6.00. The number of hydrogen-bond acceptors (Lipinski definition) is 2. The van der Waals surface area contributed by atoms with E-state index in [1.807, 2.05) is 24.3 Å². The van der Waals surface area contributed by atoms with Crippen molar-refractivity contribution < 1.29 is 4.79 Å². The molecule has 2 N–H and O–H groups in total. The maximum Gasteiger partial charge on any atom is 0.318 e. The highest BCUT2D eigenvalue weighted by molar-refractivity contribution is 5.89. The van der Waals surface area contributed by atoms with Crippen LogP contribution in [0, 0.1) is 0 Å². The molecule has 0 atom stereocenters. The third kappa shape index (κ3) is 3.15. The quantitative estimate of drug-likeness (QED) is 0.819. The maximum atomic E-state index is 11.1. The second-order valence-corrected chi connectivity index (χ2v) is 3.42. The van der Waals surface area contributed by atoms with Crippen molar-refractivity contribution in [3.63, 3.8) is 0 Å². The molecule has 0 aliphatic heterocycles. The Kier molecular flexibility index (Phi) is 4.64. The maximum absolute atomic E-state index is 11.1. The average Bonchev–Trinajstić information content (AvgIpc) is 2.32. The number of urea groups is 1. The summed E-state index contributed by atoms with van der Waals surface area (Å²) < 4.78 is 0. The van der Waals surface area contributed by atoms with Crippen LogP contribution in [-0.4, -0.2) is 26.2 Å². The predicted molar refractivity (Wildman–Crippen MR) is 68.1 cm³/mol. The van der Waals surface area contributed by atoms with Crippen LogP contribution in [0.5, 0.6) is 0 Å². The van der Waals surface area contributed by atoms with Gasteiger partial charge in [-0.2, -0.15) is 0 Å². The highest BCUT2D eigenvalue weighted by atomic mass is 16.2. The van der Waals surface area contributed by atoms with Gasteiger partial charge in [0.1, 0.15) is 0 Å². The molecule has 0 fully saturated rings. The molecule has 4 nitrogen and oxygen atoms in total. The zero-order valence-electron chi connectivity index (χ0n) is 10.1. The monoisotopic (exact) mass is 221 g/mol. The zero-order valence-corrected chi connectivity index (χ0v) is 10.1. The Morgan fingerprint density at radius 1 is 1.19 bits per heavy atom. The molecule has 88 valence electrons. The first kappa shape index (κ1) is 12.4. The lowest BCUT2D eigenvalue weighted by atomic mass is 10.2. The van der Waals surface area contributed by atoms with Gasteiger partial charge in [-0.3, -0.25) is 0 Å². The molecule has 16 heavy (non-hydrogen) atoms. The second-order valence-electron chi connectivity index (χ2n) is 3.42. The van der Waals surface area contributed by atoms with Crippen LogP contribution < -0.4 is 15.5 Å². The molecule has 2 amide bonds. The fraction of sp³-hybridized carbons (Fsp3) is 0.417. The molecule has 0 aliphatic carbocycles. The Hall–Kier alpha value is -1.71. The number of carbonyl (C=O) groups is 1. The van der Waals surface area contributed by atoms with Gasteiger partial charge in [-0.15, -0.1) is 0 Å². The van der Waals surface area contributed by atoms with Crippen LogP contribution in [-0.2, 0) is 0 Å². The lowest BCUT2D eigenvalue weighted by Crippen LogP contribution is -2.24. The molecule has 0 saturated carbocycles. The fourth-order valence-corrected chi connectivity index (χ4v) is 1.54. The summed E-state index contributed by atoms with van der Waals surface area (Å²) >= 11 is 0. The van der Waals surface area contributed by atoms with Gasteiger partial charge in [0.2, 0.25) is 0 Å². The van der Waals surface area contributed by atoms with Crippen molar-refractivity contribution in [1.82, 2.24) is 5.32 Å². The van der Waals surface area contributed by atoms with Crippen molar-refractivity contribution in [1.29, 1.82) is 0 Å². The number of amides is 2. The molecule has 0 spiro atoms. The van der Waals surface area contributed by atoms with E-state index in [1.54, 1.807) is 7.05 Å². The summed E-state index contributed by atoms with van der Waals surface area (Å²) in [5, 5.41) is 5.24. The third-order valence-corrected chi connectivity index (χ3v) is 2.48. The molecule has 1 aromatic carbocycles. The Bertz CT molecular complexity index is 331. The number of nitrogens with zero attached hydrogens (tertiary/aromatic N) is 1. The van der Waals surface area contributed by atoms with Crippen molar-refractivity contribution in [2.45, 2.75) is 13.8 Å². The van der Waals surface area contributed by atoms with Crippen molar-refractivity contribution in [2.24, 2.45) is 0 Å². The Morgan fingerprint density at radius 3 is 2.19 bits per heavy atom. The van der Waals surface area contributed by atoms with E-state index in [0.717, 1.165) is 18.8 Å². The third-order valence-electron chi connectivity index (χ3n) is 2.48. The minimum absolute atomic E-state index is 0.199. The van der Waals surface area contributed by atoms with Crippen LogP contribution in [0.2, 0.25) is 0 Å². The van der Waals surface area contributed by atoms with Crippen LogP contribution in [0.1, 0.15) is 13.8 Å². The topological polar surface area (TPSA) is 44.4 Å². The highest BCUT2D eigenvalue weighted by Crippen LogP contribution is 2.17. The minimum atomic E-state index is -0.199. The van der Waals surface area contributed by atoms with Crippen LogP contribution >= 0.6 is 0 Å². The summed E-state index contributed by atoms with van der Waals surface area (Å²) in [6, 6.07) is 7.64. The first-order valence-electron chi connectivity index (χ1n) is 5.55. The molecular formula is C12H19N3O. The summed E-state index contributed by atoms with van der Waals surface area (Å²) in [5.74, 6) is 0. The highest BCUT2D eigenvalue weighted by Gasteiger charge is 2.02. The Balaban J connectivity index is 2.70. The van der Waals surface area contributed by atoms with E-state index in [4.69, 9.17) is 0 Å². The molecular weight excluding hydrogens is 202 g/mol. The Morgan fingerprint density at radius 2 is 1.75 bits per heavy atom. The van der Waals surface area contributed by atoms with E-state index in [2.05, 4.69) is 29.4 Å². The van der Waals surface area contributed by atoms with E-state index >= 15 is 0 Å². The molecule has 1 aromatic rings. The molecule has 0 radical (unpaired) electrons. The number of rotatable bonds is 4. The van der Waals surface area contributed by atoms with Gasteiger partial charge >= 0.3 is 6.03 Å². The SMILES string of the molecule is CCN(CC)c1ccc(NC(=O)NC)cc1. The van der Waals surface area contributed by atoms with Crippen molar-refractivity contribution in [2.75, 3.05) is 30.4 Å². The predicted octanol–water partition coefficient (Wildman–Crippen LogP) is 2.28. The van der Waals surface area contributed by atoms with Gasteiger partial charge in [0, 0.05) is 31.5 Å². The van der Waals surface area contributed by atoms with E-state index in [1.165, 1.54) is 5.69 Å². The number of anilines is 2. The van der Waals surface area contributed by atoms with Gasteiger partial charge in [0.05, 0.1) is 0 Å². The lowest BCUT2D eigenvalue weighted by molar-refractivity contribution is 0.254. The van der Waals surface area contributed by atoms with Gasteiger partial charge in [-0.25, -0.2) is 4.79 Å². The molecule has 0 heterocycles. The first-order valence-corrected chi connectivity index (χ1v) is 5.55. The van der Waals surface area contributed by atoms with Gasteiger partial charge in [0.25, 0.3) is 0 Å². The van der Waals surface area contributed by atoms with Gasteiger partial charge in [-0.05, 0) is 38.1 Å². The zero-order chi connectivity index (χ0) is 12.0.